The van der Waals surface area contributed by atoms with Gasteiger partial charge in [-0.1, -0.05) is 115 Å². The van der Waals surface area contributed by atoms with Gasteiger partial charge in [-0.25, -0.2) is 0 Å². The van der Waals surface area contributed by atoms with Gasteiger partial charge in [-0.15, -0.1) is 11.3 Å². The van der Waals surface area contributed by atoms with Gasteiger partial charge in [-0.3, -0.25) is 0 Å². The van der Waals surface area contributed by atoms with Gasteiger partial charge in [0.15, 0.2) is 8.07 Å². The van der Waals surface area contributed by atoms with Crippen molar-refractivity contribution in [3.8, 4) is 11.1 Å². The summed E-state index contributed by atoms with van der Waals surface area (Å²) in [5.41, 5.74) is 4.16. The fourth-order valence-electron chi connectivity index (χ4n) is 5.87. The maximum atomic E-state index is 2.47. The van der Waals surface area contributed by atoms with Crippen molar-refractivity contribution >= 4 is 60.3 Å². The fourth-order valence-corrected chi connectivity index (χ4v) is 13.0. The van der Waals surface area contributed by atoms with Crippen molar-refractivity contribution in [2.24, 2.45) is 0 Å². The Hall–Kier alpha value is -3.46. The van der Waals surface area contributed by atoms with Crippen LogP contribution in [0.1, 0.15) is 5.56 Å². The maximum absolute atomic E-state index is 2.47. The first-order chi connectivity index (χ1) is 16.3. The minimum Gasteiger partial charge on any atom is -0.135 e. The van der Waals surface area contributed by atoms with E-state index < -0.39 is 8.07 Å². The van der Waals surface area contributed by atoms with E-state index in [1.54, 1.807) is 5.19 Å². The molecule has 0 N–H and O–H groups in total. The van der Waals surface area contributed by atoms with E-state index in [1.165, 1.54) is 52.4 Å². The van der Waals surface area contributed by atoms with Gasteiger partial charge in [0.05, 0.1) is 0 Å². The molecule has 5 aromatic carbocycles. The van der Waals surface area contributed by atoms with Crippen molar-refractivity contribution in [1.82, 2.24) is 0 Å². The van der Waals surface area contributed by atoms with E-state index in [0.29, 0.717) is 0 Å². The van der Waals surface area contributed by atoms with Crippen LogP contribution in [0.25, 0.3) is 31.3 Å². The molecule has 0 spiro atoms. The van der Waals surface area contributed by atoms with Crippen molar-refractivity contribution < 1.29 is 0 Å². The third kappa shape index (κ3) is 2.51. The van der Waals surface area contributed by atoms with Gasteiger partial charge in [0, 0.05) is 20.2 Å². The lowest BCUT2D eigenvalue weighted by Gasteiger charge is -2.31. The Morgan fingerprint density at radius 1 is 0.576 bits per heavy atom. The standard InChI is InChI=1S/C31H22SSi/c1-21-16-17-25-27-19-18-26-24-14-8-9-15-28(24)32-30(26)31(27)33(29(25)20-21,22-10-4-2-5-11-22)23-12-6-3-7-13-23/h2-20H,1H3. The first-order valence-corrected chi connectivity index (χ1v) is 14.3. The van der Waals surface area contributed by atoms with E-state index in [-0.39, 0.29) is 0 Å². The zero-order valence-corrected chi connectivity index (χ0v) is 20.2. The monoisotopic (exact) mass is 454 g/mol. The molecular formula is C31H22SSi. The molecule has 0 saturated heterocycles. The summed E-state index contributed by atoms with van der Waals surface area (Å²) in [6.45, 7) is 2.23. The van der Waals surface area contributed by atoms with Crippen LogP contribution in [-0.2, 0) is 0 Å². The Kier molecular flexibility index (Phi) is 4.05. The molecule has 0 unspecified atom stereocenters. The summed E-state index contributed by atoms with van der Waals surface area (Å²) in [7, 11) is -2.47. The van der Waals surface area contributed by atoms with Gasteiger partial charge >= 0.3 is 0 Å². The van der Waals surface area contributed by atoms with Crippen molar-refractivity contribution in [3.05, 3.63) is 121 Å². The highest BCUT2D eigenvalue weighted by molar-refractivity contribution is 7.31. The van der Waals surface area contributed by atoms with Gasteiger partial charge in [0.2, 0.25) is 0 Å². The second-order valence-electron chi connectivity index (χ2n) is 8.99. The minimum atomic E-state index is -2.47. The molecule has 0 radical (unpaired) electrons. The number of hydrogen-bond acceptors (Lipinski definition) is 1. The predicted octanol–water partition coefficient (Wildman–Crippen LogP) is 5.72. The average Bonchev–Trinajstić information content (AvgIpc) is 3.39. The molecule has 0 fully saturated rings. The van der Waals surface area contributed by atoms with Gasteiger partial charge in [0.25, 0.3) is 0 Å². The van der Waals surface area contributed by atoms with Crippen molar-refractivity contribution in [2.45, 2.75) is 6.92 Å². The van der Waals surface area contributed by atoms with Crippen LogP contribution in [0, 0.1) is 6.92 Å². The van der Waals surface area contributed by atoms with E-state index in [9.17, 15) is 0 Å². The van der Waals surface area contributed by atoms with Crippen LogP contribution in [0.4, 0.5) is 0 Å². The van der Waals surface area contributed by atoms with Crippen LogP contribution < -0.4 is 20.7 Å². The van der Waals surface area contributed by atoms with E-state index in [1.807, 2.05) is 11.3 Å². The topological polar surface area (TPSA) is 0 Å². The third-order valence-electron chi connectivity index (χ3n) is 7.20. The van der Waals surface area contributed by atoms with Crippen molar-refractivity contribution in [1.29, 1.82) is 0 Å². The molecule has 33 heavy (non-hydrogen) atoms. The molecule has 0 atom stereocenters. The zero-order valence-electron chi connectivity index (χ0n) is 18.4. The second-order valence-corrected chi connectivity index (χ2v) is 13.7. The van der Waals surface area contributed by atoms with Crippen molar-refractivity contribution in [3.63, 3.8) is 0 Å². The summed E-state index contributed by atoms with van der Waals surface area (Å²) < 4.78 is 2.83. The summed E-state index contributed by atoms with van der Waals surface area (Å²) in [5.74, 6) is 0. The molecule has 0 amide bonds. The molecule has 6 aromatic rings. The largest absolute Gasteiger partial charge is 0.182 e. The van der Waals surface area contributed by atoms with E-state index in [2.05, 4.69) is 122 Å². The minimum absolute atomic E-state index is 1.33. The van der Waals surface area contributed by atoms with Crippen LogP contribution >= 0.6 is 11.3 Å². The first-order valence-electron chi connectivity index (χ1n) is 11.5. The molecule has 2 heterocycles. The molecule has 156 valence electrons. The number of hydrogen-bond donors (Lipinski definition) is 0. The smallest absolute Gasteiger partial charge is 0.135 e. The van der Waals surface area contributed by atoms with Crippen molar-refractivity contribution in [2.75, 3.05) is 0 Å². The SMILES string of the molecule is Cc1ccc2c(c1)[Si](c1ccccc1)(c1ccccc1)c1c-2ccc2c1sc1ccccc12. The van der Waals surface area contributed by atoms with Crippen LogP contribution in [0.5, 0.6) is 0 Å². The zero-order chi connectivity index (χ0) is 22.0. The molecule has 0 nitrogen and oxygen atoms in total. The van der Waals surface area contributed by atoms with Crippen LogP contribution in [0.2, 0.25) is 0 Å². The second kappa shape index (κ2) is 7.02. The number of aryl methyl sites for hydroxylation is 1. The number of benzene rings is 5. The van der Waals surface area contributed by atoms with Gasteiger partial charge in [-0.05, 0) is 44.9 Å². The Bertz CT molecular complexity index is 1620. The Balaban J connectivity index is 1.75. The summed E-state index contributed by atoms with van der Waals surface area (Å²) in [4.78, 5) is 0. The Morgan fingerprint density at radius 2 is 1.21 bits per heavy atom. The Labute approximate surface area is 198 Å². The highest BCUT2D eigenvalue weighted by atomic mass is 32.1. The van der Waals surface area contributed by atoms with Crippen LogP contribution in [0.3, 0.4) is 0 Å². The highest BCUT2D eigenvalue weighted by Crippen LogP contribution is 2.39. The predicted molar refractivity (Wildman–Crippen MR) is 147 cm³/mol. The molecule has 0 aliphatic carbocycles. The van der Waals surface area contributed by atoms with Crippen LogP contribution in [0.15, 0.2) is 115 Å². The summed E-state index contributed by atoms with van der Waals surface area (Å²) in [6.07, 6.45) is 0. The summed E-state index contributed by atoms with van der Waals surface area (Å²) >= 11 is 1.97. The molecule has 1 aliphatic heterocycles. The molecule has 2 heteroatoms. The van der Waals surface area contributed by atoms with E-state index >= 15 is 0 Å². The Morgan fingerprint density at radius 3 is 1.94 bits per heavy atom. The van der Waals surface area contributed by atoms with Gasteiger partial charge in [0.1, 0.15) is 0 Å². The maximum Gasteiger partial charge on any atom is 0.182 e. The molecule has 0 saturated carbocycles. The average molecular weight is 455 g/mol. The number of thiophene rings is 1. The highest BCUT2D eigenvalue weighted by Gasteiger charge is 2.50. The number of fused-ring (bicyclic) bond motifs is 7. The molecular weight excluding hydrogens is 432 g/mol. The first kappa shape index (κ1) is 19.0. The van der Waals surface area contributed by atoms with Gasteiger partial charge in [-0.2, -0.15) is 0 Å². The molecule has 0 bridgehead atoms. The fraction of sp³-hybridized carbons (Fsp3) is 0.0323. The molecule has 1 aromatic heterocycles. The lowest BCUT2D eigenvalue weighted by atomic mass is 10.0. The van der Waals surface area contributed by atoms with Crippen LogP contribution in [-0.4, -0.2) is 8.07 Å². The van der Waals surface area contributed by atoms with E-state index in [4.69, 9.17) is 0 Å². The summed E-state index contributed by atoms with van der Waals surface area (Å²) in [6, 6.07) is 43.4. The number of rotatable bonds is 2. The lowest BCUT2D eigenvalue weighted by molar-refractivity contribution is 1.49. The third-order valence-corrected chi connectivity index (χ3v) is 13.5. The normalized spacial score (nSPS) is 13.8. The quantitative estimate of drug-likeness (QED) is 0.293. The molecule has 1 aliphatic rings. The van der Waals surface area contributed by atoms with E-state index in [0.717, 1.165) is 0 Å². The van der Waals surface area contributed by atoms with Gasteiger partial charge < -0.3 is 0 Å². The summed E-state index contributed by atoms with van der Waals surface area (Å²) in [5, 5.41) is 8.79. The molecule has 7 rings (SSSR count). The lowest BCUT2D eigenvalue weighted by Crippen LogP contribution is -2.72.